The minimum Gasteiger partial charge on any atom is -0.479 e. The zero-order valence-electron chi connectivity index (χ0n) is 10.5. The van der Waals surface area contributed by atoms with Crippen molar-refractivity contribution < 1.29 is 19.6 Å². The predicted molar refractivity (Wildman–Crippen MR) is 73.6 cm³/mol. The second kappa shape index (κ2) is 6.19. The van der Waals surface area contributed by atoms with Crippen molar-refractivity contribution in [1.82, 2.24) is 4.98 Å². The lowest BCUT2D eigenvalue weighted by molar-refractivity contribution is -0.385. The number of hydrogen-bond donors (Lipinski definition) is 1. The number of aromatic carboxylic acids is 1. The minimum absolute atomic E-state index is 0.0771. The maximum absolute atomic E-state index is 10.9. The molecule has 0 aliphatic rings. The third-order valence-electron chi connectivity index (χ3n) is 2.53. The van der Waals surface area contributed by atoms with Gasteiger partial charge in [-0.05, 0) is 18.2 Å². The minimum atomic E-state index is -1.17. The van der Waals surface area contributed by atoms with Gasteiger partial charge in [0.05, 0.1) is 15.6 Å². The maximum Gasteiger partial charge on any atom is 0.354 e. The Labute approximate surface area is 123 Å². The highest BCUT2D eigenvalue weighted by Gasteiger charge is 2.18. The van der Waals surface area contributed by atoms with Crippen molar-refractivity contribution in [2.45, 2.75) is 6.61 Å². The van der Waals surface area contributed by atoms with E-state index in [-0.39, 0.29) is 28.8 Å². The number of ether oxygens (including phenoxy) is 1. The van der Waals surface area contributed by atoms with Gasteiger partial charge in [-0.1, -0.05) is 23.7 Å². The van der Waals surface area contributed by atoms with Crippen LogP contribution in [0.4, 0.5) is 5.69 Å². The highest BCUT2D eigenvalue weighted by atomic mass is 35.5. The number of nitro benzene ring substituents is 1. The Morgan fingerprint density at radius 1 is 1.33 bits per heavy atom. The van der Waals surface area contributed by atoms with Crippen LogP contribution in [0.2, 0.25) is 5.02 Å². The molecule has 1 aromatic carbocycles. The van der Waals surface area contributed by atoms with Crippen molar-refractivity contribution in [3.63, 3.8) is 0 Å². The number of nitrogens with zero attached hydrogens (tertiary/aromatic N) is 2. The molecule has 0 radical (unpaired) electrons. The summed E-state index contributed by atoms with van der Waals surface area (Å²) in [6.07, 6.45) is 0. The van der Waals surface area contributed by atoms with E-state index in [4.69, 9.17) is 21.4 Å². The molecule has 0 spiro atoms. The summed E-state index contributed by atoms with van der Waals surface area (Å²) >= 11 is 5.88. The van der Waals surface area contributed by atoms with Crippen molar-refractivity contribution in [2.24, 2.45) is 0 Å². The summed E-state index contributed by atoms with van der Waals surface area (Å²) in [6.45, 7) is -0.133. The lowest BCUT2D eigenvalue weighted by Crippen LogP contribution is -2.06. The van der Waals surface area contributed by atoms with Crippen LogP contribution in [-0.2, 0) is 6.61 Å². The molecule has 0 amide bonds. The number of carboxylic acids is 1. The quantitative estimate of drug-likeness (QED) is 0.673. The molecule has 0 aliphatic heterocycles. The molecule has 0 fully saturated rings. The molecular formula is C13H9ClN2O5. The summed E-state index contributed by atoms with van der Waals surface area (Å²) in [4.78, 5) is 25.0. The van der Waals surface area contributed by atoms with Crippen molar-refractivity contribution in [2.75, 3.05) is 0 Å². The standard InChI is InChI=1S/C13H9ClN2O5/c14-9-4-2-6-11(16(19)20)12(9)21-7-8-3-1-5-10(15-8)13(17)18/h1-6H,7H2,(H,17,18). The van der Waals surface area contributed by atoms with Crippen LogP contribution in [0.3, 0.4) is 0 Å². The number of pyridine rings is 1. The van der Waals surface area contributed by atoms with Gasteiger partial charge in [0.1, 0.15) is 12.3 Å². The number of para-hydroxylation sites is 1. The van der Waals surface area contributed by atoms with Crippen molar-refractivity contribution in [1.29, 1.82) is 0 Å². The van der Waals surface area contributed by atoms with E-state index in [9.17, 15) is 14.9 Å². The van der Waals surface area contributed by atoms with Crippen molar-refractivity contribution in [3.05, 3.63) is 62.9 Å². The molecule has 0 atom stereocenters. The Hall–Kier alpha value is -2.67. The Bertz CT molecular complexity index is 705. The fraction of sp³-hybridized carbons (Fsp3) is 0.0769. The molecule has 0 unspecified atom stereocenters. The molecule has 1 aromatic heterocycles. The van der Waals surface area contributed by atoms with Gasteiger partial charge in [-0.25, -0.2) is 9.78 Å². The third-order valence-corrected chi connectivity index (χ3v) is 2.83. The fourth-order valence-electron chi connectivity index (χ4n) is 1.61. The van der Waals surface area contributed by atoms with Crippen molar-refractivity contribution in [3.8, 4) is 5.75 Å². The van der Waals surface area contributed by atoms with Gasteiger partial charge >= 0.3 is 11.7 Å². The number of carboxylic acid groups (broad SMARTS) is 1. The molecule has 7 nitrogen and oxygen atoms in total. The maximum atomic E-state index is 10.9. The molecule has 21 heavy (non-hydrogen) atoms. The molecule has 8 heteroatoms. The van der Waals surface area contributed by atoms with Crippen LogP contribution >= 0.6 is 11.6 Å². The summed E-state index contributed by atoms with van der Waals surface area (Å²) in [6, 6.07) is 8.57. The zero-order valence-corrected chi connectivity index (χ0v) is 11.3. The molecule has 2 rings (SSSR count). The highest BCUT2D eigenvalue weighted by Crippen LogP contribution is 2.34. The summed E-state index contributed by atoms with van der Waals surface area (Å²) in [5.74, 6) is -1.24. The number of halogens is 1. The summed E-state index contributed by atoms with van der Waals surface area (Å²) in [7, 11) is 0. The Kier molecular flexibility index (Phi) is 4.34. The summed E-state index contributed by atoms with van der Waals surface area (Å²) < 4.78 is 5.32. The summed E-state index contributed by atoms with van der Waals surface area (Å²) in [5.41, 5.74) is -0.0780. The first-order chi connectivity index (χ1) is 9.99. The molecular weight excluding hydrogens is 300 g/mol. The average molecular weight is 309 g/mol. The van der Waals surface area contributed by atoms with Gasteiger partial charge in [0, 0.05) is 6.07 Å². The number of hydrogen-bond acceptors (Lipinski definition) is 5. The number of benzene rings is 1. The molecule has 0 aliphatic carbocycles. The van der Waals surface area contributed by atoms with Crippen LogP contribution < -0.4 is 4.74 Å². The Morgan fingerprint density at radius 2 is 2.05 bits per heavy atom. The van der Waals surface area contributed by atoms with Gasteiger partial charge in [-0.2, -0.15) is 0 Å². The zero-order chi connectivity index (χ0) is 15.4. The normalized spacial score (nSPS) is 10.1. The van der Waals surface area contributed by atoms with Gasteiger partial charge in [0.2, 0.25) is 5.75 Å². The van der Waals surface area contributed by atoms with Crippen LogP contribution in [0.1, 0.15) is 16.2 Å². The topological polar surface area (TPSA) is 103 Å². The molecule has 0 bridgehead atoms. The number of nitro groups is 1. The fourth-order valence-corrected chi connectivity index (χ4v) is 1.83. The first-order valence-corrected chi connectivity index (χ1v) is 6.12. The van der Waals surface area contributed by atoms with Gasteiger partial charge < -0.3 is 9.84 Å². The van der Waals surface area contributed by atoms with Gasteiger partial charge in [0.25, 0.3) is 0 Å². The Morgan fingerprint density at radius 3 is 2.71 bits per heavy atom. The number of rotatable bonds is 5. The number of carbonyl (C=O) groups is 1. The van der Waals surface area contributed by atoms with E-state index in [0.29, 0.717) is 5.69 Å². The van der Waals surface area contributed by atoms with Gasteiger partial charge in [0.15, 0.2) is 0 Å². The van der Waals surface area contributed by atoms with Crippen LogP contribution in [0.5, 0.6) is 5.75 Å². The first-order valence-electron chi connectivity index (χ1n) is 5.74. The van der Waals surface area contributed by atoms with E-state index in [1.54, 1.807) is 6.07 Å². The van der Waals surface area contributed by atoms with E-state index >= 15 is 0 Å². The second-order valence-electron chi connectivity index (χ2n) is 3.95. The Balaban J connectivity index is 2.22. The van der Waals surface area contributed by atoms with Crippen LogP contribution in [0.25, 0.3) is 0 Å². The lowest BCUT2D eigenvalue weighted by atomic mass is 10.3. The van der Waals surface area contributed by atoms with Crippen molar-refractivity contribution >= 4 is 23.3 Å². The van der Waals surface area contributed by atoms with Gasteiger partial charge in [-0.3, -0.25) is 10.1 Å². The van der Waals surface area contributed by atoms with Crippen LogP contribution in [0, 0.1) is 10.1 Å². The second-order valence-corrected chi connectivity index (χ2v) is 4.36. The van der Waals surface area contributed by atoms with Crippen LogP contribution in [0.15, 0.2) is 36.4 Å². The molecule has 0 saturated heterocycles. The highest BCUT2D eigenvalue weighted by molar-refractivity contribution is 6.32. The lowest BCUT2D eigenvalue weighted by Gasteiger charge is -2.08. The van der Waals surface area contributed by atoms with E-state index in [0.717, 1.165) is 0 Å². The molecule has 1 N–H and O–H groups in total. The van der Waals surface area contributed by atoms with E-state index in [1.165, 1.54) is 30.3 Å². The molecule has 0 saturated carbocycles. The molecule has 2 aromatic rings. The SMILES string of the molecule is O=C(O)c1cccc(COc2c(Cl)cccc2[N+](=O)[O-])n1. The third kappa shape index (κ3) is 3.46. The molecule has 108 valence electrons. The average Bonchev–Trinajstić information content (AvgIpc) is 2.46. The monoisotopic (exact) mass is 308 g/mol. The first kappa shape index (κ1) is 14.7. The van der Waals surface area contributed by atoms with E-state index < -0.39 is 10.9 Å². The van der Waals surface area contributed by atoms with E-state index in [1.807, 2.05) is 0 Å². The largest absolute Gasteiger partial charge is 0.479 e. The van der Waals surface area contributed by atoms with Gasteiger partial charge in [-0.15, -0.1) is 0 Å². The summed E-state index contributed by atoms with van der Waals surface area (Å²) in [5, 5.41) is 19.8. The van der Waals surface area contributed by atoms with E-state index in [2.05, 4.69) is 4.98 Å². The predicted octanol–water partition coefficient (Wildman–Crippen LogP) is 2.92. The molecule has 1 heterocycles. The smallest absolute Gasteiger partial charge is 0.354 e. The van der Waals surface area contributed by atoms with Crippen LogP contribution in [-0.4, -0.2) is 21.0 Å². The number of aromatic nitrogens is 1.